The molecule has 6 nitrogen and oxygen atoms in total. The Morgan fingerprint density at radius 1 is 1.21 bits per heavy atom. The van der Waals surface area contributed by atoms with Crippen molar-refractivity contribution in [3.63, 3.8) is 0 Å². The number of nitrogens with zero attached hydrogens (tertiary/aromatic N) is 1. The van der Waals surface area contributed by atoms with Gasteiger partial charge in [-0.15, -0.1) is 0 Å². The largest absolute Gasteiger partial charge is 0.493 e. The molecular formula is C13H19NO5. The second-order valence-corrected chi connectivity index (χ2v) is 4.26. The molecule has 1 aromatic carbocycles. The molecule has 1 heterocycles. The molecule has 1 aliphatic heterocycles. The van der Waals surface area contributed by atoms with E-state index in [4.69, 9.17) is 24.4 Å². The van der Waals surface area contributed by atoms with Gasteiger partial charge in [-0.05, 0) is 17.7 Å². The topological polar surface area (TPSA) is 71.4 Å². The van der Waals surface area contributed by atoms with Crippen LogP contribution in [-0.2, 0) is 6.54 Å². The van der Waals surface area contributed by atoms with Crippen molar-refractivity contribution < 1.29 is 24.4 Å². The minimum Gasteiger partial charge on any atom is -0.493 e. The van der Waals surface area contributed by atoms with E-state index in [2.05, 4.69) is 0 Å². The zero-order valence-corrected chi connectivity index (χ0v) is 11.0. The molecular weight excluding hydrogens is 250 g/mol. The Labute approximate surface area is 112 Å². The lowest BCUT2D eigenvalue weighted by molar-refractivity contribution is 0.155. The van der Waals surface area contributed by atoms with E-state index in [1.807, 2.05) is 17.0 Å². The zero-order valence-electron chi connectivity index (χ0n) is 11.0. The third kappa shape index (κ3) is 3.28. The number of aliphatic hydroxyl groups is 2. The highest BCUT2D eigenvalue weighted by Gasteiger charge is 2.20. The summed E-state index contributed by atoms with van der Waals surface area (Å²) >= 11 is 0. The van der Waals surface area contributed by atoms with E-state index in [0.717, 1.165) is 5.56 Å². The normalized spacial score (nSPS) is 13.1. The quantitative estimate of drug-likeness (QED) is 0.737. The fourth-order valence-electron chi connectivity index (χ4n) is 2.09. The maximum atomic E-state index is 9.00. The fourth-order valence-corrected chi connectivity index (χ4v) is 2.09. The number of rotatable bonds is 7. The van der Waals surface area contributed by atoms with E-state index >= 15 is 0 Å². The van der Waals surface area contributed by atoms with Crippen molar-refractivity contribution in [3.05, 3.63) is 17.7 Å². The van der Waals surface area contributed by atoms with Crippen LogP contribution in [0.2, 0.25) is 0 Å². The Morgan fingerprint density at radius 3 is 2.58 bits per heavy atom. The van der Waals surface area contributed by atoms with Crippen LogP contribution in [0.5, 0.6) is 17.2 Å². The SMILES string of the molecule is COc1cc(CN(CCO)CCO)cc2c1OCO2. The Kier molecular flexibility index (Phi) is 4.84. The van der Waals surface area contributed by atoms with Gasteiger partial charge >= 0.3 is 0 Å². The molecule has 0 atom stereocenters. The number of hydrogen-bond donors (Lipinski definition) is 2. The van der Waals surface area contributed by atoms with Gasteiger partial charge in [-0.3, -0.25) is 4.90 Å². The van der Waals surface area contributed by atoms with Crippen LogP contribution in [-0.4, -0.2) is 55.3 Å². The molecule has 0 spiro atoms. The second-order valence-electron chi connectivity index (χ2n) is 4.26. The van der Waals surface area contributed by atoms with Gasteiger partial charge in [0, 0.05) is 19.6 Å². The molecule has 0 unspecified atom stereocenters. The monoisotopic (exact) mass is 269 g/mol. The highest BCUT2D eigenvalue weighted by molar-refractivity contribution is 5.55. The first-order chi connectivity index (χ1) is 9.28. The molecule has 0 fully saturated rings. The lowest BCUT2D eigenvalue weighted by atomic mass is 10.1. The Bertz CT molecular complexity index is 418. The van der Waals surface area contributed by atoms with E-state index < -0.39 is 0 Å². The van der Waals surface area contributed by atoms with Crippen molar-refractivity contribution in [2.24, 2.45) is 0 Å². The average molecular weight is 269 g/mol. The van der Waals surface area contributed by atoms with Gasteiger partial charge in [0.05, 0.1) is 20.3 Å². The first kappa shape index (κ1) is 13.9. The van der Waals surface area contributed by atoms with Gasteiger partial charge < -0.3 is 24.4 Å². The van der Waals surface area contributed by atoms with E-state index in [0.29, 0.717) is 36.9 Å². The number of methoxy groups -OCH3 is 1. The summed E-state index contributed by atoms with van der Waals surface area (Å²) < 4.78 is 16.0. The van der Waals surface area contributed by atoms with Crippen LogP contribution in [0.1, 0.15) is 5.56 Å². The lowest BCUT2D eigenvalue weighted by Crippen LogP contribution is -2.29. The van der Waals surface area contributed by atoms with Gasteiger partial charge in [0.25, 0.3) is 0 Å². The van der Waals surface area contributed by atoms with Crippen LogP contribution in [0.4, 0.5) is 0 Å². The van der Waals surface area contributed by atoms with Crippen molar-refractivity contribution in [3.8, 4) is 17.2 Å². The van der Waals surface area contributed by atoms with E-state index in [1.54, 1.807) is 7.11 Å². The molecule has 0 amide bonds. The first-order valence-corrected chi connectivity index (χ1v) is 6.19. The Balaban J connectivity index is 2.15. The van der Waals surface area contributed by atoms with Crippen LogP contribution in [0, 0.1) is 0 Å². The summed E-state index contributed by atoms with van der Waals surface area (Å²) in [6.45, 7) is 1.94. The van der Waals surface area contributed by atoms with Crippen LogP contribution >= 0.6 is 0 Å². The highest BCUT2D eigenvalue weighted by Crippen LogP contribution is 2.41. The molecule has 0 bridgehead atoms. The van der Waals surface area contributed by atoms with Gasteiger partial charge in [-0.1, -0.05) is 0 Å². The number of benzene rings is 1. The number of aliphatic hydroxyl groups excluding tert-OH is 2. The summed E-state index contributed by atoms with van der Waals surface area (Å²) in [5.74, 6) is 1.93. The molecule has 1 aliphatic rings. The third-order valence-electron chi connectivity index (χ3n) is 2.96. The van der Waals surface area contributed by atoms with Crippen molar-refractivity contribution in [2.75, 3.05) is 40.2 Å². The standard InChI is InChI=1S/C13H19NO5/c1-17-11-6-10(7-12-13(11)19-9-18-12)8-14(2-4-15)3-5-16/h6-7,15-16H,2-5,8-9H2,1H3. The van der Waals surface area contributed by atoms with Crippen molar-refractivity contribution in [1.29, 1.82) is 0 Å². The van der Waals surface area contributed by atoms with E-state index in [9.17, 15) is 0 Å². The molecule has 2 N–H and O–H groups in total. The van der Waals surface area contributed by atoms with Gasteiger partial charge in [0.1, 0.15) is 0 Å². The molecule has 1 aromatic rings. The minimum atomic E-state index is 0.0572. The van der Waals surface area contributed by atoms with Gasteiger partial charge in [0.15, 0.2) is 11.5 Å². The molecule has 2 rings (SSSR count). The molecule has 6 heteroatoms. The third-order valence-corrected chi connectivity index (χ3v) is 2.96. The second kappa shape index (κ2) is 6.60. The van der Waals surface area contributed by atoms with Crippen LogP contribution in [0.25, 0.3) is 0 Å². The number of fused-ring (bicyclic) bond motifs is 1. The molecule has 106 valence electrons. The molecule has 0 aromatic heterocycles. The Hall–Kier alpha value is -1.50. The summed E-state index contributed by atoms with van der Waals surface area (Å²) in [6.07, 6.45) is 0. The zero-order chi connectivity index (χ0) is 13.7. The maximum absolute atomic E-state index is 9.00. The van der Waals surface area contributed by atoms with E-state index in [1.165, 1.54) is 0 Å². The predicted molar refractivity (Wildman–Crippen MR) is 68.6 cm³/mol. The average Bonchev–Trinajstić information content (AvgIpc) is 2.86. The number of ether oxygens (including phenoxy) is 3. The predicted octanol–water partition coefficient (Wildman–Crippen LogP) is 0.211. The van der Waals surface area contributed by atoms with Crippen LogP contribution in [0.15, 0.2) is 12.1 Å². The maximum Gasteiger partial charge on any atom is 0.231 e. The summed E-state index contributed by atoms with van der Waals surface area (Å²) in [4.78, 5) is 1.96. The highest BCUT2D eigenvalue weighted by atomic mass is 16.7. The molecule has 0 aliphatic carbocycles. The van der Waals surface area contributed by atoms with Gasteiger partial charge in [-0.25, -0.2) is 0 Å². The van der Waals surface area contributed by atoms with Crippen molar-refractivity contribution in [1.82, 2.24) is 4.90 Å². The van der Waals surface area contributed by atoms with Crippen molar-refractivity contribution in [2.45, 2.75) is 6.54 Å². The van der Waals surface area contributed by atoms with Gasteiger partial charge in [-0.2, -0.15) is 0 Å². The lowest BCUT2D eigenvalue weighted by Gasteiger charge is -2.20. The molecule has 0 saturated heterocycles. The minimum absolute atomic E-state index is 0.0572. The summed E-state index contributed by atoms with van der Waals surface area (Å²) in [6, 6.07) is 3.78. The Morgan fingerprint density at radius 2 is 1.95 bits per heavy atom. The summed E-state index contributed by atoms with van der Waals surface area (Å²) in [5, 5.41) is 18.0. The van der Waals surface area contributed by atoms with Crippen LogP contribution in [0.3, 0.4) is 0 Å². The first-order valence-electron chi connectivity index (χ1n) is 6.19. The molecule has 19 heavy (non-hydrogen) atoms. The molecule has 0 radical (unpaired) electrons. The fraction of sp³-hybridized carbons (Fsp3) is 0.538. The smallest absolute Gasteiger partial charge is 0.231 e. The molecule has 0 saturated carbocycles. The van der Waals surface area contributed by atoms with Crippen LogP contribution < -0.4 is 14.2 Å². The number of hydrogen-bond acceptors (Lipinski definition) is 6. The van der Waals surface area contributed by atoms with Gasteiger partial charge in [0.2, 0.25) is 12.5 Å². The summed E-state index contributed by atoms with van der Waals surface area (Å²) in [5.41, 5.74) is 0.989. The van der Waals surface area contributed by atoms with E-state index in [-0.39, 0.29) is 20.0 Å². The van der Waals surface area contributed by atoms with Crippen molar-refractivity contribution >= 4 is 0 Å². The summed E-state index contributed by atoms with van der Waals surface area (Å²) in [7, 11) is 1.58.